The van der Waals surface area contributed by atoms with Crippen molar-refractivity contribution in [2.75, 3.05) is 23.7 Å². The van der Waals surface area contributed by atoms with Gasteiger partial charge in [-0.25, -0.2) is 0 Å². The van der Waals surface area contributed by atoms with Crippen LogP contribution >= 0.6 is 0 Å². The molecule has 36 heavy (non-hydrogen) atoms. The first-order valence-electron chi connectivity index (χ1n) is 11.9. The van der Waals surface area contributed by atoms with Gasteiger partial charge in [0.2, 0.25) is 0 Å². The fourth-order valence-corrected chi connectivity index (χ4v) is 3.27. The van der Waals surface area contributed by atoms with Crippen LogP contribution in [-0.2, 0) is 0 Å². The minimum absolute atomic E-state index is 0.156. The largest absolute Gasteiger partial charge is 0.352 e. The van der Waals surface area contributed by atoms with E-state index in [0.717, 1.165) is 12.8 Å². The van der Waals surface area contributed by atoms with Crippen molar-refractivity contribution in [1.82, 2.24) is 10.6 Å². The number of carbonyl (C=O) groups excluding carboxylic acids is 4. The van der Waals surface area contributed by atoms with Gasteiger partial charge >= 0.3 is 0 Å². The van der Waals surface area contributed by atoms with Crippen LogP contribution in [0.4, 0.5) is 11.4 Å². The highest BCUT2D eigenvalue weighted by atomic mass is 16.2. The Morgan fingerprint density at radius 2 is 0.750 bits per heavy atom. The van der Waals surface area contributed by atoms with E-state index in [1.165, 1.54) is 0 Å². The summed E-state index contributed by atoms with van der Waals surface area (Å²) in [5.74, 6) is -0.974. The summed E-state index contributed by atoms with van der Waals surface area (Å²) in [6.07, 6.45) is 1.71. The quantitative estimate of drug-likeness (QED) is 0.338. The molecule has 0 atom stereocenters. The number of benzene rings is 3. The highest BCUT2D eigenvalue weighted by Gasteiger charge is 2.11. The van der Waals surface area contributed by atoms with Crippen molar-refractivity contribution in [1.29, 1.82) is 0 Å². The van der Waals surface area contributed by atoms with E-state index in [-0.39, 0.29) is 23.6 Å². The number of amides is 4. The summed E-state index contributed by atoms with van der Waals surface area (Å²) in [6.45, 7) is 5.17. The van der Waals surface area contributed by atoms with Gasteiger partial charge in [0.15, 0.2) is 0 Å². The van der Waals surface area contributed by atoms with E-state index in [4.69, 9.17) is 0 Å². The molecule has 0 spiro atoms. The van der Waals surface area contributed by atoms with E-state index in [0.29, 0.717) is 46.7 Å². The second-order valence-electron chi connectivity index (χ2n) is 8.15. The summed E-state index contributed by atoms with van der Waals surface area (Å²) in [5.41, 5.74) is 2.93. The number of rotatable bonds is 10. The molecule has 0 saturated carbocycles. The van der Waals surface area contributed by atoms with E-state index < -0.39 is 0 Å². The molecule has 8 heteroatoms. The van der Waals surface area contributed by atoms with E-state index in [2.05, 4.69) is 21.3 Å². The SMILES string of the molecule is CCCNC(=O)c1ccc(NC(=O)c2ccc(C(=O)Nc3ccc(C(=O)NCCC)cc3)cc2)cc1. The zero-order valence-electron chi connectivity index (χ0n) is 20.4. The minimum Gasteiger partial charge on any atom is -0.352 e. The lowest BCUT2D eigenvalue weighted by Crippen LogP contribution is -2.23. The summed E-state index contributed by atoms with van der Waals surface area (Å²) in [6, 6.07) is 19.5. The first-order valence-corrected chi connectivity index (χ1v) is 11.9. The van der Waals surface area contributed by atoms with Gasteiger partial charge in [0, 0.05) is 46.7 Å². The molecule has 0 fully saturated rings. The minimum atomic E-state index is -0.331. The Hall–Kier alpha value is -4.46. The van der Waals surface area contributed by atoms with Crippen LogP contribution in [0.1, 0.15) is 68.1 Å². The molecule has 4 amide bonds. The second-order valence-corrected chi connectivity index (χ2v) is 8.15. The zero-order valence-corrected chi connectivity index (χ0v) is 20.4. The third-order valence-corrected chi connectivity index (χ3v) is 5.29. The van der Waals surface area contributed by atoms with Gasteiger partial charge in [0.1, 0.15) is 0 Å². The molecule has 0 bridgehead atoms. The third-order valence-electron chi connectivity index (χ3n) is 5.29. The van der Waals surface area contributed by atoms with Gasteiger partial charge in [-0.1, -0.05) is 13.8 Å². The smallest absolute Gasteiger partial charge is 0.255 e. The molecule has 0 aliphatic rings. The molecule has 0 aliphatic heterocycles. The average Bonchev–Trinajstić information content (AvgIpc) is 2.91. The predicted molar refractivity (Wildman–Crippen MR) is 140 cm³/mol. The Labute approximate surface area is 210 Å². The second kappa shape index (κ2) is 12.9. The monoisotopic (exact) mass is 486 g/mol. The predicted octanol–water partition coefficient (Wildman–Crippen LogP) is 4.47. The first-order chi connectivity index (χ1) is 17.4. The molecular formula is C28H30N4O4. The zero-order chi connectivity index (χ0) is 25.9. The van der Waals surface area contributed by atoms with Crippen molar-refractivity contribution >= 4 is 35.0 Å². The maximum Gasteiger partial charge on any atom is 0.255 e. The van der Waals surface area contributed by atoms with Gasteiger partial charge < -0.3 is 21.3 Å². The van der Waals surface area contributed by atoms with E-state index >= 15 is 0 Å². The Kier molecular flexibility index (Phi) is 9.33. The molecule has 0 saturated heterocycles. The van der Waals surface area contributed by atoms with Crippen molar-refractivity contribution in [3.8, 4) is 0 Å². The lowest BCUT2D eigenvalue weighted by atomic mass is 10.1. The van der Waals surface area contributed by atoms with Gasteiger partial charge in [0.05, 0.1) is 0 Å². The molecule has 8 nitrogen and oxygen atoms in total. The van der Waals surface area contributed by atoms with Crippen LogP contribution in [-0.4, -0.2) is 36.7 Å². The molecule has 0 aliphatic carbocycles. The van der Waals surface area contributed by atoms with Crippen molar-refractivity contribution in [2.24, 2.45) is 0 Å². The third kappa shape index (κ3) is 7.27. The summed E-state index contributed by atoms with van der Waals surface area (Å²) >= 11 is 0. The number of carbonyl (C=O) groups is 4. The van der Waals surface area contributed by atoms with Crippen LogP contribution in [0.15, 0.2) is 72.8 Å². The molecule has 3 rings (SSSR count). The van der Waals surface area contributed by atoms with Crippen LogP contribution in [0, 0.1) is 0 Å². The van der Waals surface area contributed by atoms with Crippen molar-refractivity contribution in [3.63, 3.8) is 0 Å². The fourth-order valence-electron chi connectivity index (χ4n) is 3.27. The average molecular weight is 487 g/mol. The van der Waals surface area contributed by atoms with Crippen molar-refractivity contribution in [2.45, 2.75) is 26.7 Å². The van der Waals surface area contributed by atoms with Gasteiger partial charge in [0.25, 0.3) is 23.6 Å². The van der Waals surface area contributed by atoms with Gasteiger partial charge in [-0.15, -0.1) is 0 Å². The van der Waals surface area contributed by atoms with Crippen LogP contribution < -0.4 is 21.3 Å². The molecule has 4 N–H and O–H groups in total. The fraction of sp³-hybridized carbons (Fsp3) is 0.214. The van der Waals surface area contributed by atoms with Crippen LogP contribution in [0.3, 0.4) is 0 Å². The topological polar surface area (TPSA) is 116 Å². The number of hydrogen-bond acceptors (Lipinski definition) is 4. The molecule has 0 heterocycles. The summed E-state index contributed by atoms with van der Waals surface area (Å²) in [7, 11) is 0. The Morgan fingerprint density at radius 3 is 1.06 bits per heavy atom. The summed E-state index contributed by atoms with van der Waals surface area (Å²) in [5, 5.41) is 11.2. The molecule has 3 aromatic rings. The van der Waals surface area contributed by atoms with Crippen molar-refractivity contribution in [3.05, 3.63) is 95.1 Å². The Balaban J connectivity index is 1.55. The Morgan fingerprint density at radius 1 is 0.472 bits per heavy atom. The van der Waals surface area contributed by atoms with Crippen LogP contribution in [0.2, 0.25) is 0 Å². The van der Waals surface area contributed by atoms with Gasteiger partial charge in [-0.2, -0.15) is 0 Å². The van der Waals surface area contributed by atoms with Crippen LogP contribution in [0.25, 0.3) is 0 Å². The van der Waals surface area contributed by atoms with Gasteiger partial charge in [-0.05, 0) is 85.6 Å². The standard InChI is InChI=1S/C28H30N4O4/c1-3-17-29-25(33)19-9-13-23(14-10-19)31-27(35)21-5-7-22(8-6-21)28(36)32-24-15-11-20(12-16-24)26(34)30-18-4-2/h5-16H,3-4,17-18H2,1-2H3,(H,29,33)(H,30,34)(H,31,35)(H,32,36). The summed E-state index contributed by atoms with van der Waals surface area (Å²) < 4.78 is 0. The summed E-state index contributed by atoms with van der Waals surface area (Å²) in [4.78, 5) is 49.1. The molecule has 0 unspecified atom stereocenters. The Bertz CT molecular complexity index is 1110. The van der Waals surface area contributed by atoms with Crippen LogP contribution in [0.5, 0.6) is 0 Å². The maximum atomic E-state index is 12.6. The highest BCUT2D eigenvalue weighted by molar-refractivity contribution is 6.07. The molecule has 3 aromatic carbocycles. The molecule has 0 aromatic heterocycles. The molecule has 186 valence electrons. The normalized spacial score (nSPS) is 10.3. The number of hydrogen-bond donors (Lipinski definition) is 4. The lowest BCUT2D eigenvalue weighted by molar-refractivity contribution is 0.0945. The maximum absolute atomic E-state index is 12.6. The molecule has 0 radical (unpaired) electrons. The molecular weight excluding hydrogens is 456 g/mol. The van der Waals surface area contributed by atoms with E-state index in [9.17, 15) is 19.2 Å². The van der Waals surface area contributed by atoms with E-state index in [1.54, 1.807) is 72.8 Å². The van der Waals surface area contributed by atoms with E-state index in [1.807, 2.05) is 13.8 Å². The van der Waals surface area contributed by atoms with Gasteiger partial charge in [-0.3, -0.25) is 19.2 Å². The van der Waals surface area contributed by atoms with Crippen molar-refractivity contribution < 1.29 is 19.2 Å². The highest BCUT2D eigenvalue weighted by Crippen LogP contribution is 2.15. The first kappa shape index (κ1) is 26.2. The number of anilines is 2. The number of nitrogens with one attached hydrogen (secondary N) is 4. The lowest BCUT2D eigenvalue weighted by Gasteiger charge is -2.09.